The summed E-state index contributed by atoms with van der Waals surface area (Å²) in [5.41, 5.74) is 4.06. The van der Waals surface area contributed by atoms with Crippen molar-refractivity contribution in [1.82, 2.24) is 25.5 Å². The van der Waals surface area contributed by atoms with Crippen LogP contribution in [0.1, 0.15) is 31.4 Å². The highest BCUT2D eigenvalue weighted by Gasteiger charge is 2.46. The molecule has 2 fully saturated rings. The van der Waals surface area contributed by atoms with Crippen LogP contribution in [0.15, 0.2) is 48.7 Å². The molecule has 0 saturated carbocycles. The van der Waals surface area contributed by atoms with Gasteiger partial charge in [0.15, 0.2) is 0 Å². The van der Waals surface area contributed by atoms with Gasteiger partial charge in [0.1, 0.15) is 17.1 Å². The monoisotopic (exact) mass is 552 g/mol. The number of piperidine rings is 1. The molecule has 2 aliphatic heterocycles. The van der Waals surface area contributed by atoms with E-state index in [-0.39, 0.29) is 11.5 Å². The molecule has 8 nitrogen and oxygen atoms in total. The van der Waals surface area contributed by atoms with E-state index in [1.807, 2.05) is 30.5 Å². The molecule has 4 aromatic rings. The number of hydrogen-bond acceptors (Lipinski definition) is 7. The predicted octanol–water partition coefficient (Wildman–Crippen LogP) is 5.67. The van der Waals surface area contributed by atoms with Gasteiger partial charge in [0.05, 0.1) is 42.3 Å². The van der Waals surface area contributed by atoms with E-state index in [9.17, 15) is 0 Å². The van der Waals surface area contributed by atoms with E-state index in [2.05, 4.69) is 39.5 Å². The van der Waals surface area contributed by atoms with E-state index in [1.54, 1.807) is 13.2 Å². The summed E-state index contributed by atoms with van der Waals surface area (Å²) in [5.74, 6) is 1.70. The Bertz CT molecular complexity index is 1440. The summed E-state index contributed by atoms with van der Waals surface area (Å²) < 4.78 is 11.3. The number of anilines is 1. The first-order chi connectivity index (χ1) is 18.5. The summed E-state index contributed by atoms with van der Waals surface area (Å²) in [6.45, 7) is 5.49. The number of ether oxygens (including phenoxy) is 2. The smallest absolute Gasteiger partial charge is 0.202 e. The van der Waals surface area contributed by atoms with E-state index in [4.69, 9.17) is 42.6 Å². The molecular formula is C28H30Cl2N6O2. The highest BCUT2D eigenvalue weighted by atomic mass is 35.5. The minimum Gasteiger partial charge on any atom is -0.497 e. The van der Waals surface area contributed by atoms with Gasteiger partial charge in [0.25, 0.3) is 0 Å². The molecule has 2 N–H and O–H groups in total. The van der Waals surface area contributed by atoms with Crippen molar-refractivity contribution in [3.05, 3.63) is 64.3 Å². The van der Waals surface area contributed by atoms with Crippen LogP contribution in [0, 0.1) is 5.41 Å². The second kappa shape index (κ2) is 10.3. The van der Waals surface area contributed by atoms with Crippen LogP contribution in [-0.4, -0.2) is 59.6 Å². The first kappa shape index (κ1) is 25.4. The van der Waals surface area contributed by atoms with Crippen LogP contribution in [0.3, 0.4) is 0 Å². The van der Waals surface area contributed by atoms with Gasteiger partial charge in [0, 0.05) is 36.2 Å². The van der Waals surface area contributed by atoms with Crippen LogP contribution in [0.4, 0.5) is 5.82 Å². The van der Waals surface area contributed by atoms with E-state index >= 15 is 0 Å². The molecule has 6 rings (SSSR count). The van der Waals surface area contributed by atoms with Crippen molar-refractivity contribution in [2.75, 3.05) is 38.3 Å². The average molecular weight is 553 g/mol. The number of aromatic nitrogens is 4. The van der Waals surface area contributed by atoms with Gasteiger partial charge in [-0.25, -0.2) is 9.97 Å². The highest BCUT2D eigenvalue weighted by molar-refractivity contribution is 6.43. The Morgan fingerprint density at radius 2 is 1.95 bits per heavy atom. The lowest BCUT2D eigenvalue weighted by molar-refractivity contribution is 0.128. The van der Waals surface area contributed by atoms with Crippen LogP contribution in [-0.2, 0) is 4.74 Å². The maximum atomic E-state index is 6.43. The molecule has 0 aliphatic carbocycles. The standard InChI is InChI=1S/C28H30Cl2N6O2/c1-17(18-6-8-19(37-2)9-7-18)32-22-15-38-16-28(22)10-12-36(13-11-28)23-14-31-26-25(34-35-27(26)33-23)20-4-3-5-21(29)24(20)30/h3-9,14,17,22,32H,10-13,15-16H2,1-2H3,(H,33,34,35)/t17?,22-/m1/s1. The van der Waals surface area contributed by atoms with Gasteiger partial charge in [-0.3, -0.25) is 5.10 Å². The fourth-order valence-electron chi connectivity index (χ4n) is 5.67. The third kappa shape index (κ3) is 4.60. The van der Waals surface area contributed by atoms with Crippen molar-refractivity contribution in [1.29, 1.82) is 0 Å². The molecule has 2 aromatic heterocycles. The SMILES string of the molecule is COc1ccc(C(C)N[C@@H]2COCC23CCN(c2cnc4c(-c5cccc(Cl)c5Cl)[nH]nc4n2)CC3)cc1. The summed E-state index contributed by atoms with van der Waals surface area (Å²) in [6.07, 6.45) is 3.86. The first-order valence-electron chi connectivity index (χ1n) is 12.9. The van der Waals surface area contributed by atoms with E-state index in [0.717, 1.165) is 56.3 Å². The van der Waals surface area contributed by atoms with Crippen molar-refractivity contribution in [2.24, 2.45) is 5.41 Å². The number of hydrogen-bond donors (Lipinski definition) is 2. The highest BCUT2D eigenvalue weighted by Crippen LogP contribution is 2.41. The third-order valence-electron chi connectivity index (χ3n) is 8.04. The maximum absolute atomic E-state index is 6.43. The number of benzene rings is 2. The van der Waals surface area contributed by atoms with Crippen molar-refractivity contribution < 1.29 is 9.47 Å². The molecule has 0 amide bonds. The molecule has 0 bridgehead atoms. The largest absolute Gasteiger partial charge is 0.497 e. The molecule has 38 heavy (non-hydrogen) atoms. The van der Waals surface area contributed by atoms with E-state index in [0.29, 0.717) is 32.9 Å². The number of rotatable bonds is 6. The molecule has 2 aliphatic rings. The molecule has 2 saturated heterocycles. The summed E-state index contributed by atoms with van der Waals surface area (Å²) in [4.78, 5) is 11.8. The molecule has 4 heterocycles. The molecule has 1 unspecified atom stereocenters. The maximum Gasteiger partial charge on any atom is 0.202 e. The number of H-pyrrole nitrogens is 1. The van der Waals surface area contributed by atoms with Crippen molar-refractivity contribution in [2.45, 2.75) is 31.8 Å². The Balaban J connectivity index is 1.15. The van der Waals surface area contributed by atoms with Gasteiger partial charge >= 0.3 is 0 Å². The molecule has 1 spiro atoms. The Morgan fingerprint density at radius 3 is 2.71 bits per heavy atom. The number of nitrogens with zero attached hydrogens (tertiary/aromatic N) is 4. The van der Waals surface area contributed by atoms with Gasteiger partial charge in [-0.15, -0.1) is 0 Å². The van der Waals surface area contributed by atoms with Crippen molar-refractivity contribution in [3.8, 4) is 17.0 Å². The number of halogens is 2. The summed E-state index contributed by atoms with van der Waals surface area (Å²) in [7, 11) is 1.69. The van der Waals surface area contributed by atoms with E-state index in [1.165, 1.54) is 5.56 Å². The number of methoxy groups -OCH3 is 1. The zero-order chi connectivity index (χ0) is 26.3. The van der Waals surface area contributed by atoms with E-state index < -0.39 is 0 Å². The molecule has 198 valence electrons. The lowest BCUT2D eigenvalue weighted by Crippen LogP contribution is -2.51. The fourth-order valence-corrected chi connectivity index (χ4v) is 6.07. The molecule has 2 atom stereocenters. The molecule has 0 radical (unpaired) electrons. The quantitative estimate of drug-likeness (QED) is 0.318. The zero-order valence-electron chi connectivity index (χ0n) is 21.4. The van der Waals surface area contributed by atoms with Gasteiger partial charge in [-0.1, -0.05) is 47.5 Å². The van der Waals surface area contributed by atoms with Gasteiger partial charge in [-0.05, 0) is 43.5 Å². The normalized spacial score (nSPS) is 19.8. The first-order valence-corrected chi connectivity index (χ1v) is 13.6. The molecule has 2 aromatic carbocycles. The van der Waals surface area contributed by atoms with Crippen LogP contribution in [0.2, 0.25) is 10.0 Å². The second-order valence-corrected chi connectivity index (χ2v) is 11.0. The fraction of sp³-hybridized carbons (Fsp3) is 0.393. The van der Waals surface area contributed by atoms with Gasteiger partial charge in [-0.2, -0.15) is 5.10 Å². The second-order valence-electron chi connectivity index (χ2n) is 10.2. The van der Waals surface area contributed by atoms with Crippen LogP contribution < -0.4 is 15.0 Å². The Labute approximate surface area is 231 Å². The summed E-state index contributed by atoms with van der Waals surface area (Å²) in [6, 6.07) is 14.3. The Kier molecular flexibility index (Phi) is 6.90. The molecular weight excluding hydrogens is 523 g/mol. The zero-order valence-corrected chi connectivity index (χ0v) is 22.9. The van der Waals surface area contributed by atoms with Crippen LogP contribution in [0.5, 0.6) is 5.75 Å². The van der Waals surface area contributed by atoms with Crippen LogP contribution >= 0.6 is 23.2 Å². The molecule has 10 heteroatoms. The number of nitrogens with one attached hydrogen (secondary N) is 2. The lowest BCUT2D eigenvalue weighted by Gasteiger charge is -2.43. The minimum atomic E-state index is 0.109. The lowest BCUT2D eigenvalue weighted by atomic mass is 9.74. The average Bonchev–Trinajstić information content (AvgIpc) is 3.54. The topological polar surface area (TPSA) is 88.2 Å². The summed E-state index contributed by atoms with van der Waals surface area (Å²) >= 11 is 12.6. The third-order valence-corrected chi connectivity index (χ3v) is 8.86. The summed E-state index contributed by atoms with van der Waals surface area (Å²) in [5, 5.41) is 12.3. The predicted molar refractivity (Wildman–Crippen MR) is 150 cm³/mol. The number of aromatic amines is 1. The van der Waals surface area contributed by atoms with Crippen molar-refractivity contribution >= 4 is 40.2 Å². The van der Waals surface area contributed by atoms with Crippen molar-refractivity contribution in [3.63, 3.8) is 0 Å². The van der Waals surface area contributed by atoms with Crippen LogP contribution in [0.25, 0.3) is 22.4 Å². The van der Waals surface area contributed by atoms with Gasteiger partial charge < -0.3 is 19.7 Å². The minimum absolute atomic E-state index is 0.109. The number of fused-ring (bicyclic) bond motifs is 1. The Morgan fingerprint density at radius 1 is 1.16 bits per heavy atom. The Hall–Kier alpha value is -2.91. The van der Waals surface area contributed by atoms with Gasteiger partial charge in [0.2, 0.25) is 5.65 Å².